The van der Waals surface area contributed by atoms with E-state index < -0.39 is 11.5 Å². The van der Waals surface area contributed by atoms with Crippen LogP contribution in [0.1, 0.15) is 30.6 Å². The summed E-state index contributed by atoms with van der Waals surface area (Å²) in [4.78, 5) is 13.1. The third-order valence-corrected chi connectivity index (χ3v) is 3.90. The van der Waals surface area contributed by atoms with Crippen LogP contribution in [-0.4, -0.2) is 18.0 Å². The third kappa shape index (κ3) is 1.89. The first kappa shape index (κ1) is 11.3. The highest BCUT2D eigenvalue weighted by Gasteiger charge is 2.42. The summed E-state index contributed by atoms with van der Waals surface area (Å²) in [5.74, 6) is -0.780. The van der Waals surface area contributed by atoms with Crippen LogP contribution in [0.25, 0.3) is 0 Å². The van der Waals surface area contributed by atoms with E-state index >= 15 is 0 Å². The monoisotopic (exact) mass is 235 g/mol. The highest BCUT2D eigenvalue weighted by molar-refractivity contribution is 7.10. The normalized spacial score (nSPS) is 26.2. The molecule has 2 heterocycles. The average molecular weight is 235 g/mol. The molecule has 1 aliphatic rings. The molecule has 2 unspecified atom stereocenters. The number of hydrogen-bond acceptors (Lipinski definition) is 4. The lowest BCUT2D eigenvalue weighted by molar-refractivity contribution is -0.137. The molecule has 0 bridgehead atoms. The first-order valence-corrected chi connectivity index (χ1v) is 6.16. The molecular formula is C12H13NO2S. The van der Waals surface area contributed by atoms with Crippen molar-refractivity contribution in [3.05, 3.63) is 22.4 Å². The van der Waals surface area contributed by atoms with Gasteiger partial charge in [-0.05, 0) is 31.2 Å². The quantitative estimate of drug-likeness (QED) is 0.808. The second-order valence-corrected chi connectivity index (χ2v) is 5.10. The zero-order valence-electron chi connectivity index (χ0n) is 9.10. The van der Waals surface area contributed by atoms with Crippen molar-refractivity contribution in [3.63, 3.8) is 0 Å². The van der Waals surface area contributed by atoms with E-state index in [9.17, 15) is 4.79 Å². The van der Waals surface area contributed by atoms with E-state index in [-0.39, 0.29) is 5.78 Å². The van der Waals surface area contributed by atoms with Gasteiger partial charge in [-0.1, -0.05) is 6.07 Å². The van der Waals surface area contributed by atoms with Crippen LogP contribution in [0.3, 0.4) is 0 Å². The van der Waals surface area contributed by atoms with E-state index in [4.69, 9.17) is 10.00 Å². The Bertz CT molecular complexity index is 413. The number of thiophene rings is 1. The maximum absolute atomic E-state index is 12.3. The molecule has 0 N–H and O–H groups in total. The summed E-state index contributed by atoms with van der Waals surface area (Å²) in [6, 6.07) is 5.77. The van der Waals surface area contributed by atoms with Crippen LogP contribution in [0, 0.1) is 11.3 Å². The predicted molar refractivity (Wildman–Crippen MR) is 61.3 cm³/mol. The Hall–Kier alpha value is -1.18. The fourth-order valence-electron chi connectivity index (χ4n) is 1.99. The summed E-state index contributed by atoms with van der Waals surface area (Å²) in [5, 5.41) is 11.0. The number of carbonyl (C=O) groups excluding carboxylic acids is 1. The van der Waals surface area contributed by atoms with Gasteiger partial charge in [0.25, 0.3) is 0 Å². The predicted octanol–water partition coefficient (Wildman–Crippen LogP) is 2.49. The number of rotatable bonds is 3. The molecular weight excluding hydrogens is 222 g/mol. The molecule has 0 amide bonds. The number of hydrogen-bond donors (Lipinski definition) is 0. The van der Waals surface area contributed by atoms with E-state index in [1.807, 2.05) is 17.5 Å². The third-order valence-electron chi connectivity index (χ3n) is 2.96. The van der Waals surface area contributed by atoms with Crippen LogP contribution in [0.2, 0.25) is 0 Å². The molecule has 1 aromatic heterocycles. The summed E-state index contributed by atoms with van der Waals surface area (Å²) < 4.78 is 5.49. The molecule has 1 fully saturated rings. The first-order valence-electron chi connectivity index (χ1n) is 5.29. The van der Waals surface area contributed by atoms with Crippen molar-refractivity contribution in [1.29, 1.82) is 5.26 Å². The SMILES string of the molecule is CC1(C(=O)C(C#N)c2cccs2)CCCO1. The average Bonchev–Trinajstić information content (AvgIpc) is 2.91. The summed E-state index contributed by atoms with van der Waals surface area (Å²) in [5.41, 5.74) is -0.760. The van der Waals surface area contributed by atoms with E-state index in [0.717, 1.165) is 17.7 Å². The van der Waals surface area contributed by atoms with Gasteiger partial charge in [0.05, 0.1) is 6.07 Å². The molecule has 2 atom stereocenters. The van der Waals surface area contributed by atoms with Gasteiger partial charge in [0, 0.05) is 11.5 Å². The largest absolute Gasteiger partial charge is 0.367 e. The van der Waals surface area contributed by atoms with Crippen molar-refractivity contribution in [2.24, 2.45) is 0 Å². The molecule has 16 heavy (non-hydrogen) atoms. The maximum Gasteiger partial charge on any atom is 0.186 e. The van der Waals surface area contributed by atoms with E-state index in [2.05, 4.69) is 6.07 Å². The number of nitriles is 1. The van der Waals surface area contributed by atoms with Crippen molar-refractivity contribution in [2.45, 2.75) is 31.3 Å². The molecule has 0 radical (unpaired) electrons. The summed E-state index contributed by atoms with van der Waals surface area (Å²) in [6.45, 7) is 2.41. The van der Waals surface area contributed by atoms with Gasteiger partial charge < -0.3 is 4.74 Å². The standard InChI is InChI=1S/C12H13NO2S/c1-12(5-3-6-15-12)11(14)9(8-13)10-4-2-7-16-10/h2,4,7,9H,3,5-6H2,1H3. The Balaban J connectivity index is 2.23. The topological polar surface area (TPSA) is 50.1 Å². The van der Waals surface area contributed by atoms with Crippen molar-refractivity contribution in [2.75, 3.05) is 6.61 Å². The highest BCUT2D eigenvalue weighted by atomic mass is 32.1. The van der Waals surface area contributed by atoms with Gasteiger partial charge in [-0.3, -0.25) is 4.79 Å². The van der Waals surface area contributed by atoms with Gasteiger partial charge >= 0.3 is 0 Å². The van der Waals surface area contributed by atoms with Gasteiger partial charge in [-0.25, -0.2) is 0 Å². The van der Waals surface area contributed by atoms with Gasteiger partial charge in [0.2, 0.25) is 0 Å². The summed E-state index contributed by atoms with van der Waals surface area (Å²) in [7, 11) is 0. The molecule has 1 saturated heterocycles. The fraction of sp³-hybridized carbons (Fsp3) is 0.500. The minimum atomic E-state index is -0.760. The number of ketones is 1. The van der Waals surface area contributed by atoms with Gasteiger partial charge in [0.15, 0.2) is 5.78 Å². The van der Waals surface area contributed by atoms with Gasteiger partial charge in [-0.15, -0.1) is 11.3 Å². The smallest absolute Gasteiger partial charge is 0.186 e. The molecule has 3 nitrogen and oxygen atoms in total. The maximum atomic E-state index is 12.3. The molecule has 1 aromatic rings. The van der Waals surface area contributed by atoms with Crippen LogP contribution in [0.5, 0.6) is 0 Å². The Morgan fingerprint density at radius 3 is 3.06 bits per heavy atom. The minimum absolute atomic E-state index is 0.102. The summed E-state index contributed by atoms with van der Waals surface area (Å²) in [6.07, 6.45) is 1.61. The second-order valence-electron chi connectivity index (χ2n) is 4.12. The van der Waals surface area contributed by atoms with Crippen LogP contribution in [0.15, 0.2) is 17.5 Å². The van der Waals surface area contributed by atoms with Gasteiger partial charge in [0.1, 0.15) is 11.5 Å². The zero-order valence-corrected chi connectivity index (χ0v) is 9.92. The minimum Gasteiger partial charge on any atom is -0.367 e. The molecule has 1 aliphatic heterocycles. The highest BCUT2D eigenvalue weighted by Crippen LogP contribution is 2.33. The molecule has 2 rings (SSSR count). The van der Waals surface area contributed by atoms with Crippen molar-refractivity contribution >= 4 is 17.1 Å². The van der Waals surface area contributed by atoms with Crippen molar-refractivity contribution in [3.8, 4) is 6.07 Å². The van der Waals surface area contributed by atoms with Crippen LogP contribution in [-0.2, 0) is 9.53 Å². The second kappa shape index (κ2) is 4.36. The summed E-state index contributed by atoms with van der Waals surface area (Å²) >= 11 is 1.44. The van der Waals surface area contributed by atoms with Crippen LogP contribution >= 0.6 is 11.3 Å². The number of carbonyl (C=O) groups is 1. The van der Waals surface area contributed by atoms with Crippen LogP contribution in [0.4, 0.5) is 0 Å². The van der Waals surface area contributed by atoms with Gasteiger partial charge in [-0.2, -0.15) is 5.26 Å². The Morgan fingerprint density at radius 1 is 1.75 bits per heavy atom. The van der Waals surface area contributed by atoms with E-state index in [1.54, 1.807) is 6.92 Å². The lowest BCUT2D eigenvalue weighted by atomic mass is 9.88. The molecule has 0 aromatic carbocycles. The fourth-order valence-corrected chi connectivity index (χ4v) is 2.75. The number of Topliss-reactive ketones (excluding diaryl/α,β-unsaturated/α-hetero) is 1. The molecule has 84 valence electrons. The molecule has 4 heteroatoms. The molecule has 0 saturated carbocycles. The molecule has 0 aliphatic carbocycles. The Morgan fingerprint density at radius 2 is 2.56 bits per heavy atom. The van der Waals surface area contributed by atoms with Crippen molar-refractivity contribution < 1.29 is 9.53 Å². The lowest BCUT2D eigenvalue weighted by Gasteiger charge is -2.23. The zero-order chi connectivity index (χ0) is 11.6. The lowest BCUT2D eigenvalue weighted by Crippen LogP contribution is -2.37. The molecule has 0 spiro atoms. The van der Waals surface area contributed by atoms with E-state index in [0.29, 0.717) is 6.61 Å². The Labute approximate surface area is 98.7 Å². The number of nitrogens with zero attached hydrogens (tertiary/aromatic N) is 1. The van der Waals surface area contributed by atoms with E-state index in [1.165, 1.54) is 11.3 Å². The number of ether oxygens (including phenoxy) is 1. The Kier molecular flexibility index (Phi) is 3.08. The first-order chi connectivity index (χ1) is 7.67. The van der Waals surface area contributed by atoms with Crippen LogP contribution < -0.4 is 0 Å². The van der Waals surface area contributed by atoms with Crippen molar-refractivity contribution in [1.82, 2.24) is 0 Å².